The third kappa shape index (κ3) is 4.69. The van der Waals surface area contributed by atoms with Crippen LogP contribution in [0.15, 0.2) is 36.0 Å². The fraction of sp³-hybridized carbons (Fsp3) is 0.158. The van der Waals surface area contributed by atoms with Crippen LogP contribution in [0.1, 0.15) is 16.4 Å². The summed E-state index contributed by atoms with van der Waals surface area (Å²) in [5.74, 6) is 0.180. The fourth-order valence-electron chi connectivity index (χ4n) is 2.64. The SMILES string of the molecule is Cc1nc(C)c(-c2csc(Nc3cnc(CNc4ccc(Cl)cc4F)cn3)n2)s1. The van der Waals surface area contributed by atoms with Gasteiger partial charge in [0.05, 0.1) is 51.6 Å². The first kappa shape index (κ1) is 19.7. The van der Waals surface area contributed by atoms with E-state index < -0.39 is 5.82 Å². The van der Waals surface area contributed by atoms with Crippen molar-refractivity contribution in [3.8, 4) is 10.6 Å². The van der Waals surface area contributed by atoms with Crippen molar-refractivity contribution >= 4 is 50.9 Å². The van der Waals surface area contributed by atoms with Crippen LogP contribution in [0.25, 0.3) is 10.6 Å². The molecule has 6 nitrogen and oxygen atoms in total. The summed E-state index contributed by atoms with van der Waals surface area (Å²) in [6, 6.07) is 4.48. The average Bonchev–Trinajstić information content (AvgIpc) is 3.28. The van der Waals surface area contributed by atoms with E-state index in [1.54, 1.807) is 35.9 Å². The van der Waals surface area contributed by atoms with Gasteiger partial charge in [-0.15, -0.1) is 22.7 Å². The smallest absolute Gasteiger partial charge is 0.188 e. The highest BCUT2D eigenvalue weighted by atomic mass is 35.5. The number of halogens is 2. The second kappa shape index (κ2) is 8.40. The Balaban J connectivity index is 1.39. The largest absolute Gasteiger partial charge is 0.377 e. The standard InChI is InChI=1S/C19H16ClFN6S2/c1-10-18(29-11(2)25-10)16-9-28-19(26-16)27-17-8-22-13(7-24-17)6-23-15-4-3-12(20)5-14(15)21/h3-5,7-9,23H,6H2,1-2H3,(H,24,26,27). The van der Waals surface area contributed by atoms with Gasteiger partial charge in [-0.3, -0.25) is 4.98 Å². The number of nitrogens with one attached hydrogen (secondary N) is 2. The van der Waals surface area contributed by atoms with Crippen molar-refractivity contribution in [1.29, 1.82) is 0 Å². The van der Waals surface area contributed by atoms with E-state index in [0.29, 0.717) is 28.8 Å². The minimum Gasteiger partial charge on any atom is -0.377 e. The summed E-state index contributed by atoms with van der Waals surface area (Å²) in [7, 11) is 0. The maximum atomic E-state index is 13.8. The lowest BCUT2D eigenvalue weighted by atomic mass is 10.3. The molecule has 0 saturated carbocycles. The molecule has 2 N–H and O–H groups in total. The zero-order valence-electron chi connectivity index (χ0n) is 15.5. The predicted octanol–water partition coefficient (Wildman–Crippen LogP) is 5.82. The minimum atomic E-state index is -0.408. The number of hydrogen-bond acceptors (Lipinski definition) is 8. The van der Waals surface area contributed by atoms with Crippen LogP contribution in [0.5, 0.6) is 0 Å². The molecule has 3 heterocycles. The van der Waals surface area contributed by atoms with Crippen LogP contribution in [0, 0.1) is 19.7 Å². The van der Waals surface area contributed by atoms with Crippen molar-refractivity contribution in [2.45, 2.75) is 20.4 Å². The molecule has 1 aromatic carbocycles. The van der Waals surface area contributed by atoms with Crippen LogP contribution in [0.3, 0.4) is 0 Å². The van der Waals surface area contributed by atoms with E-state index in [9.17, 15) is 4.39 Å². The maximum Gasteiger partial charge on any atom is 0.188 e. The van der Waals surface area contributed by atoms with E-state index in [1.165, 1.54) is 17.4 Å². The summed E-state index contributed by atoms with van der Waals surface area (Å²) < 4.78 is 13.8. The topological polar surface area (TPSA) is 75.6 Å². The molecule has 0 spiro atoms. The Morgan fingerprint density at radius 1 is 1.14 bits per heavy atom. The maximum absolute atomic E-state index is 13.8. The summed E-state index contributed by atoms with van der Waals surface area (Å²) >= 11 is 8.89. The number of nitrogens with zero attached hydrogens (tertiary/aromatic N) is 4. The number of hydrogen-bond donors (Lipinski definition) is 2. The van der Waals surface area contributed by atoms with Crippen molar-refractivity contribution in [3.63, 3.8) is 0 Å². The summed E-state index contributed by atoms with van der Waals surface area (Å²) in [6.45, 7) is 4.32. The number of anilines is 3. The molecule has 0 fully saturated rings. The Morgan fingerprint density at radius 2 is 2.00 bits per heavy atom. The Morgan fingerprint density at radius 3 is 2.69 bits per heavy atom. The average molecular weight is 447 g/mol. The molecule has 0 bridgehead atoms. The minimum absolute atomic E-state index is 0.344. The van der Waals surface area contributed by atoms with Crippen molar-refractivity contribution in [2.75, 3.05) is 10.6 Å². The van der Waals surface area contributed by atoms with Crippen LogP contribution >= 0.6 is 34.3 Å². The molecule has 0 aliphatic carbocycles. The molecule has 10 heteroatoms. The van der Waals surface area contributed by atoms with Crippen molar-refractivity contribution in [1.82, 2.24) is 19.9 Å². The second-order valence-electron chi connectivity index (χ2n) is 6.18. The summed E-state index contributed by atoms with van der Waals surface area (Å²) in [5, 5.41) is 10.2. The van der Waals surface area contributed by atoms with E-state index in [1.807, 2.05) is 19.2 Å². The van der Waals surface area contributed by atoms with E-state index in [-0.39, 0.29) is 0 Å². The lowest BCUT2D eigenvalue weighted by Gasteiger charge is -2.08. The normalized spacial score (nSPS) is 10.9. The molecule has 0 aliphatic heterocycles. The van der Waals surface area contributed by atoms with Gasteiger partial charge in [0.25, 0.3) is 0 Å². The first-order chi connectivity index (χ1) is 14.0. The Bertz CT molecular complexity index is 1140. The lowest BCUT2D eigenvalue weighted by molar-refractivity contribution is 0.630. The monoisotopic (exact) mass is 446 g/mol. The van der Waals surface area contributed by atoms with Gasteiger partial charge in [-0.25, -0.2) is 19.3 Å². The molecule has 148 valence electrons. The predicted molar refractivity (Wildman–Crippen MR) is 117 cm³/mol. The third-order valence-electron chi connectivity index (χ3n) is 3.97. The summed E-state index contributed by atoms with van der Waals surface area (Å²) in [6.07, 6.45) is 3.26. The van der Waals surface area contributed by atoms with Gasteiger partial charge < -0.3 is 10.6 Å². The summed E-state index contributed by atoms with van der Waals surface area (Å²) in [5.41, 5.74) is 2.93. The lowest BCUT2D eigenvalue weighted by Crippen LogP contribution is -2.04. The highest BCUT2D eigenvalue weighted by molar-refractivity contribution is 7.16. The fourth-order valence-corrected chi connectivity index (χ4v) is 4.47. The number of benzene rings is 1. The first-order valence-electron chi connectivity index (χ1n) is 8.65. The van der Waals surface area contributed by atoms with E-state index in [4.69, 9.17) is 11.6 Å². The van der Waals surface area contributed by atoms with E-state index >= 15 is 0 Å². The van der Waals surface area contributed by atoms with Crippen molar-refractivity contribution in [2.24, 2.45) is 0 Å². The van der Waals surface area contributed by atoms with Gasteiger partial charge in [-0.2, -0.15) is 0 Å². The van der Waals surface area contributed by atoms with Gasteiger partial charge in [-0.05, 0) is 32.0 Å². The van der Waals surface area contributed by atoms with Crippen LogP contribution in [0.4, 0.5) is 21.0 Å². The molecule has 0 saturated heterocycles. The number of rotatable bonds is 6. The quantitative estimate of drug-likeness (QED) is 0.388. The van der Waals surface area contributed by atoms with E-state index in [2.05, 4.69) is 30.6 Å². The Kier molecular flexibility index (Phi) is 5.70. The van der Waals surface area contributed by atoms with Crippen LogP contribution in [-0.2, 0) is 6.54 Å². The molecule has 0 aliphatic rings. The molecule has 4 rings (SSSR count). The molecule has 0 amide bonds. The third-order valence-corrected chi connectivity index (χ3v) is 6.06. The number of thiazole rings is 2. The molecular formula is C19H16ClFN6S2. The van der Waals surface area contributed by atoms with Gasteiger partial charge in [-0.1, -0.05) is 11.6 Å². The first-order valence-corrected chi connectivity index (χ1v) is 10.7. The van der Waals surface area contributed by atoms with Gasteiger partial charge >= 0.3 is 0 Å². The number of aryl methyl sites for hydroxylation is 2. The highest BCUT2D eigenvalue weighted by Crippen LogP contribution is 2.32. The Labute approximate surface area is 179 Å². The van der Waals surface area contributed by atoms with Gasteiger partial charge in [0, 0.05) is 10.4 Å². The van der Waals surface area contributed by atoms with E-state index in [0.717, 1.165) is 26.4 Å². The van der Waals surface area contributed by atoms with Gasteiger partial charge in [0.1, 0.15) is 5.82 Å². The summed E-state index contributed by atoms with van der Waals surface area (Å²) in [4.78, 5) is 18.8. The van der Waals surface area contributed by atoms with Gasteiger partial charge in [0.2, 0.25) is 0 Å². The zero-order chi connectivity index (χ0) is 20.4. The molecule has 0 radical (unpaired) electrons. The second-order valence-corrected chi connectivity index (χ2v) is 8.68. The highest BCUT2D eigenvalue weighted by Gasteiger charge is 2.12. The zero-order valence-corrected chi connectivity index (χ0v) is 17.9. The molecule has 0 unspecified atom stereocenters. The van der Waals surface area contributed by atoms with Crippen molar-refractivity contribution < 1.29 is 4.39 Å². The number of aromatic nitrogens is 4. The van der Waals surface area contributed by atoms with Crippen LogP contribution in [-0.4, -0.2) is 19.9 Å². The van der Waals surface area contributed by atoms with Crippen molar-refractivity contribution in [3.05, 3.63) is 63.2 Å². The van der Waals surface area contributed by atoms with Gasteiger partial charge in [0.15, 0.2) is 10.9 Å². The Hall–Kier alpha value is -2.62. The van der Waals surface area contributed by atoms with Crippen LogP contribution in [0.2, 0.25) is 5.02 Å². The molecule has 29 heavy (non-hydrogen) atoms. The molecule has 3 aromatic heterocycles. The molecular weight excluding hydrogens is 431 g/mol. The molecule has 0 atom stereocenters. The van der Waals surface area contributed by atoms with Crippen LogP contribution < -0.4 is 10.6 Å². The molecule has 4 aromatic rings.